The Morgan fingerprint density at radius 2 is 1.12 bits per heavy atom. The summed E-state index contributed by atoms with van der Waals surface area (Å²) in [5.74, 6) is 1.76. The smallest absolute Gasteiger partial charge is 0.295 e. The highest BCUT2D eigenvalue weighted by atomic mass is 32.2. The van der Waals surface area contributed by atoms with E-state index in [1.807, 2.05) is 54.6 Å². The molecule has 0 saturated heterocycles. The molecule has 0 amide bonds. The van der Waals surface area contributed by atoms with Crippen molar-refractivity contribution in [3.63, 3.8) is 0 Å². The molecule has 7 nitrogen and oxygen atoms in total. The maximum atomic E-state index is 12.8. The molecule has 0 radical (unpaired) electrons. The lowest BCUT2D eigenvalue weighted by Gasteiger charge is -2.26. The van der Waals surface area contributed by atoms with E-state index < -0.39 is 10.1 Å². The summed E-state index contributed by atoms with van der Waals surface area (Å²) < 4.78 is 50.3. The first-order chi connectivity index (χ1) is 28.8. The molecule has 0 fully saturated rings. The fraction of sp³-hybridized carbons (Fsp3) is 0.392. The van der Waals surface area contributed by atoms with Gasteiger partial charge >= 0.3 is 0 Å². The van der Waals surface area contributed by atoms with Crippen molar-refractivity contribution in [2.24, 2.45) is 0 Å². The van der Waals surface area contributed by atoms with E-state index in [2.05, 4.69) is 85.7 Å². The van der Waals surface area contributed by atoms with Gasteiger partial charge in [0.1, 0.15) is 22.9 Å². The van der Waals surface area contributed by atoms with E-state index in [0.717, 1.165) is 116 Å². The molecule has 0 heterocycles. The fourth-order valence-corrected chi connectivity index (χ4v) is 8.02. The first kappa shape index (κ1) is 45.2. The Balaban J connectivity index is 1.48. The van der Waals surface area contributed by atoms with Gasteiger partial charge in [-0.1, -0.05) is 109 Å². The molecule has 5 rings (SSSR count). The second-order valence-electron chi connectivity index (χ2n) is 15.3. The number of benzene rings is 4. The number of hydrogen-bond donors (Lipinski definition) is 1. The molecule has 1 N–H and O–H groups in total. The summed E-state index contributed by atoms with van der Waals surface area (Å²) >= 11 is 0. The minimum atomic E-state index is -4.52. The third-order valence-electron chi connectivity index (χ3n) is 10.7. The highest BCUT2D eigenvalue weighted by molar-refractivity contribution is 7.86. The van der Waals surface area contributed by atoms with Crippen molar-refractivity contribution >= 4 is 38.5 Å². The second-order valence-corrected chi connectivity index (χ2v) is 16.6. The predicted octanol–water partition coefficient (Wildman–Crippen LogP) is 13.3. The molecular formula is C51H65N2O5S+. The Morgan fingerprint density at radius 3 is 1.66 bits per heavy atom. The zero-order chi connectivity index (χ0) is 41.9. The maximum Gasteiger partial charge on any atom is 0.295 e. The van der Waals surface area contributed by atoms with Gasteiger partial charge in [0.15, 0.2) is 0 Å². The Bertz CT molecular complexity index is 2120. The number of unbranched alkanes of at least 4 members (excludes halogenated alkanes) is 8. The van der Waals surface area contributed by atoms with Crippen LogP contribution < -0.4 is 14.4 Å². The first-order valence-corrected chi connectivity index (χ1v) is 23.4. The molecule has 0 aliphatic heterocycles. The van der Waals surface area contributed by atoms with Crippen molar-refractivity contribution in [2.45, 2.75) is 110 Å². The van der Waals surface area contributed by atoms with E-state index in [9.17, 15) is 13.0 Å². The summed E-state index contributed by atoms with van der Waals surface area (Å²) in [6.45, 7) is 12.0. The normalized spacial score (nSPS) is 12.5. The molecule has 0 spiro atoms. The van der Waals surface area contributed by atoms with Crippen LogP contribution in [-0.2, 0) is 10.1 Å². The molecule has 1 aliphatic carbocycles. The zero-order valence-corrected chi connectivity index (χ0v) is 36.6. The van der Waals surface area contributed by atoms with E-state index in [0.29, 0.717) is 5.56 Å². The number of allylic oxidation sites excluding steroid dienone is 5. The number of nitrogens with zero attached hydrogens (tertiary/aromatic N) is 2. The Hall–Kier alpha value is -4.92. The van der Waals surface area contributed by atoms with Crippen molar-refractivity contribution < 1.29 is 27.0 Å². The quantitative estimate of drug-likeness (QED) is 0.0431. The van der Waals surface area contributed by atoms with Gasteiger partial charge in [0.05, 0.1) is 13.2 Å². The number of hydrogen-bond acceptors (Lipinski definition) is 5. The van der Waals surface area contributed by atoms with Gasteiger partial charge in [0.25, 0.3) is 10.1 Å². The highest BCUT2D eigenvalue weighted by Gasteiger charge is 2.23. The van der Waals surface area contributed by atoms with E-state index in [1.54, 1.807) is 12.1 Å². The fourth-order valence-electron chi connectivity index (χ4n) is 7.32. The molecule has 4 aromatic rings. The van der Waals surface area contributed by atoms with Crippen LogP contribution in [0.3, 0.4) is 0 Å². The first-order valence-electron chi connectivity index (χ1n) is 21.9. The summed E-state index contributed by atoms with van der Waals surface area (Å²) in [5.41, 5.74) is 7.08. The van der Waals surface area contributed by atoms with Gasteiger partial charge in [0, 0.05) is 54.2 Å². The lowest BCUT2D eigenvalue weighted by Crippen LogP contribution is -2.18. The lowest BCUT2D eigenvalue weighted by atomic mass is 9.90. The summed E-state index contributed by atoms with van der Waals surface area (Å²) in [4.78, 5) is 2.19. The third kappa shape index (κ3) is 13.3. The molecule has 0 atom stereocenters. The van der Waals surface area contributed by atoms with Gasteiger partial charge in [-0.3, -0.25) is 4.55 Å². The molecule has 8 heteroatoms. The van der Waals surface area contributed by atoms with Crippen molar-refractivity contribution in [1.29, 1.82) is 0 Å². The monoisotopic (exact) mass is 817 g/mol. The van der Waals surface area contributed by atoms with Crippen LogP contribution in [-0.4, -0.2) is 49.6 Å². The molecule has 59 heavy (non-hydrogen) atoms. The summed E-state index contributed by atoms with van der Waals surface area (Å²) in [6, 6.07) is 31.6. The van der Waals surface area contributed by atoms with Crippen LogP contribution in [0.25, 0.3) is 5.57 Å². The zero-order valence-electron chi connectivity index (χ0n) is 35.7. The number of ether oxygens (including phenoxy) is 2. The van der Waals surface area contributed by atoms with Crippen molar-refractivity contribution in [3.8, 4) is 11.5 Å². The van der Waals surface area contributed by atoms with Crippen molar-refractivity contribution in [3.05, 3.63) is 138 Å². The van der Waals surface area contributed by atoms with Crippen LogP contribution >= 0.6 is 0 Å². The molecule has 314 valence electrons. The van der Waals surface area contributed by atoms with E-state index in [1.165, 1.54) is 44.6 Å². The van der Waals surface area contributed by atoms with Gasteiger partial charge in [0.2, 0.25) is 11.4 Å². The average Bonchev–Trinajstić information content (AvgIpc) is 3.25. The van der Waals surface area contributed by atoms with Crippen LogP contribution in [0.2, 0.25) is 0 Å². The maximum absolute atomic E-state index is 12.8. The van der Waals surface area contributed by atoms with Crippen LogP contribution in [0.4, 0.5) is 17.1 Å². The van der Waals surface area contributed by atoms with Crippen LogP contribution in [0.1, 0.15) is 116 Å². The Labute approximate surface area is 354 Å². The SMILES string of the molecule is CCCCCCOc1ccc(N(CCCC)c2ccc(C(=C3C=CC(=[N+](CCCC)c4ccc(OCCCCCC)cc4)C=C3)c3ccccc3S(=O)(=O)O)cc2)cc1. The minimum Gasteiger partial charge on any atom is -0.494 e. The van der Waals surface area contributed by atoms with Crippen molar-refractivity contribution in [1.82, 2.24) is 0 Å². The molecule has 0 aromatic heterocycles. The molecule has 0 saturated carbocycles. The predicted molar refractivity (Wildman–Crippen MR) is 246 cm³/mol. The van der Waals surface area contributed by atoms with Crippen molar-refractivity contribution in [2.75, 3.05) is 31.2 Å². The largest absolute Gasteiger partial charge is 0.494 e. The van der Waals surface area contributed by atoms with Crippen LogP contribution in [0.15, 0.2) is 132 Å². The Morgan fingerprint density at radius 1 is 0.593 bits per heavy atom. The van der Waals surface area contributed by atoms with Gasteiger partial charge < -0.3 is 14.4 Å². The molecule has 0 bridgehead atoms. The van der Waals surface area contributed by atoms with Gasteiger partial charge in [-0.05, 0) is 103 Å². The molecule has 0 unspecified atom stereocenters. The molecule has 4 aromatic carbocycles. The standard InChI is InChI=1S/C51H64N2O5S/c1-5-9-13-17-39-57-47-33-29-45(30-34-47)52(37-11-7-3)43-25-21-41(22-26-43)51(49-19-15-16-20-50(49)59(54,55)56)42-23-27-44(28-24-42)53(38-12-8-4)46-31-35-48(36-32-46)58-40-18-14-10-6-2/h15-16,19-36H,5-14,17-18,37-40H2,1-4H3/p+1. The lowest BCUT2D eigenvalue weighted by molar-refractivity contribution is -0.439. The van der Waals surface area contributed by atoms with E-state index in [4.69, 9.17) is 9.47 Å². The summed E-state index contributed by atoms with van der Waals surface area (Å²) in [6.07, 6.45) is 21.8. The number of anilines is 2. The highest BCUT2D eigenvalue weighted by Crippen LogP contribution is 2.36. The van der Waals surface area contributed by atoms with Gasteiger partial charge in [-0.2, -0.15) is 13.0 Å². The second kappa shape index (κ2) is 23.6. The summed E-state index contributed by atoms with van der Waals surface area (Å²) in [7, 11) is -4.52. The summed E-state index contributed by atoms with van der Waals surface area (Å²) in [5, 5.41) is 0. The number of rotatable bonds is 24. The van der Waals surface area contributed by atoms with E-state index >= 15 is 0 Å². The minimum absolute atomic E-state index is 0.127. The molecular weight excluding hydrogens is 753 g/mol. The van der Waals surface area contributed by atoms with Crippen LogP contribution in [0, 0.1) is 0 Å². The van der Waals surface area contributed by atoms with E-state index in [-0.39, 0.29) is 4.90 Å². The van der Waals surface area contributed by atoms with Gasteiger partial charge in [-0.15, -0.1) is 0 Å². The topological polar surface area (TPSA) is 79.1 Å². The average molecular weight is 818 g/mol. The van der Waals surface area contributed by atoms with Gasteiger partial charge in [-0.25, -0.2) is 0 Å². The Kier molecular flexibility index (Phi) is 18.1. The molecule has 1 aliphatic rings. The third-order valence-corrected chi connectivity index (χ3v) is 11.6. The van der Waals surface area contributed by atoms with Crippen LogP contribution in [0.5, 0.6) is 11.5 Å².